The van der Waals surface area contributed by atoms with Gasteiger partial charge in [0, 0.05) is 6.42 Å². The van der Waals surface area contributed by atoms with Gasteiger partial charge in [-0.2, -0.15) is 0 Å². The van der Waals surface area contributed by atoms with Gasteiger partial charge in [0.25, 0.3) is 0 Å². The molecule has 0 amide bonds. The second kappa shape index (κ2) is 3.30. The van der Waals surface area contributed by atoms with Crippen LogP contribution >= 0.6 is 0 Å². The van der Waals surface area contributed by atoms with Crippen LogP contribution in [0.25, 0.3) is 0 Å². The molecule has 1 aliphatic rings. The maximum absolute atomic E-state index is 5.58. The molecule has 0 unspecified atom stereocenters. The highest BCUT2D eigenvalue weighted by atomic mass is 16.5. The van der Waals surface area contributed by atoms with Crippen molar-refractivity contribution in [2.24, 2.45) is 0 Å². The van der Waals surface area contributed by atoms with Crippen molar-refractivity contribution < 1.29 is 4.74 Å². The molecule has 14 heavy (non-hydrogen) atoms. The predicted molar refractivity (Wildman–Crippen MR) is 59.0 cm³/mol. The molecule has 2 rings (SSSR count). The van der Waals surface area contributed by atoms with Gasteiger partial charge in [0.2, 0.25) is 0 Å². The molecule has 1 heterocycles. The first-order chi connectivity index (χ1) is 6.63. The van der Waals surface area contributed by atoms with Crippen LogP contribution in [0.3, 0.4) is 0 Å². The zero-order valence-electron chi connectivity index (χ0n) is 9.26. The van der Waals surface area contributed by atoms with E-state index in [2.05, 4.69) is 39.0 Å². The van der Waals surface area contributed by atoms with Crippen molar-refractivity contribution >= 4 is 0 Å². The van der Waals surface area contributed by atoms with Gasteiger partial charge in [-0.1, -0.05) is 32.9 Å². The first kappa shape index (κ1) is 9.57. The van der Waals surface area contributed by atoms with Gasteiger partial charge in [-0.3, -0.25) is 0 Å². The highest BCUT2D eigenvalue weighted by Gasteiger charge is 2.21. The van der Waals surface area contributed by atoms with Gasteiger partial charge in [0.15, 0.2) is 0 Å². The number of hydrogen-bond acceptors (Lipinski definition) is 1. The number of fused-ring (bicyclic) bond motifs is 1. The second-order valence-corrected chi connectivity index (χ2v) is 4.66. The van der Waals surface area contributed by atoms with Crippen LogP contribution in [0.1, 0.15) is 38.3 Å². The maximum atomic E-state index is 5.58. The van der Waals surface area contributed by atoms with Gasteiger partial charge in [0.05, 0.1) is 6.61 Å². The van der Waals surface area contributed by atoms with Crippen LogP contribution in [0.2, 0.25) is 0 Å². The fourth-order valence-corrected chi connectivity index (χ4v) is 1.79. The van der Waals surface area contributed by atoms with Crippen LogP contribution < -0.4 is 4.74 Å². The van der Waals surface area contributed by atoms with Crippen LogP contribution in [-0.2, 0) is 11.8 Å². The van der Waals surface area contributed by atoms with Crippen molar-refractivity contribution in [3.63, 3.8) is 0 Å². The van der Waals surface area contributed by atoms with Gasteiger partial charge in [-0.05, 0) is 29.0 Å². The molecule has 0 N–H and O–H groups in total. The first-order valence-electron chi connectivity index (χ1n) is 5.40. The molecule has 0 radical (unpaired) electrons. The Hall–Kier alpha value is -0.980. The Bertz CT molecular complexity index is 339. The third-order valence-corrected chi connectivity index (χ3v) is 3.36. The Morgan fingerprint density at radius 1 is 1.36 bits per heavy atom. The lowest BCUT2D eigenvalue weighted by Crippen LogP contribution is -2.15. The fourth-order valence-electron chi connectivity index (χ4n) is 1.79. The average molecular weight is 190 g/mol. The highest BCUT2D eigenvalue weighted by molar-refractivity contribution is 5.42. The summed E-state index contributed by atoms with van der Waals surface area (Å²) >= 11 is 0. The molecule has 1 aliphatic heterocycles. The van der Waals surface area contributed by atoms with Crippen molar-refractivity contribution in [1.29, 1.82) is 0 Å². The molecule has 0 spiro atoms. The molecule has 1 nitrogen and oxygen atoms in total. The highest BCUT2D eigenvalue weighted by Crippen LogP contribution is 2.33. The molecule has 76 valence electrons. The number of rotatable bonds is 2. The minimum atomic E-state index is 0.265. The number of benzene rings is 1. The lowest BCUT2D eigenvalue weighted by molar-refractivity contribution is 0.355. The van der Waals surface area contributed by atoms with E-state index in [9.17, 15) is 0 Å². The summed E-state index contributed by atoms with van der Waals surface area (Å²) in [4.78, 5) is 0. The monoisotopic (exact) mass is 190 g/mol. The Kier molecular flexibility index (Phi) is 2.26. The van der Waals surface area contributed by atoms with Crippen LogP contribution in [0.4, 0.5) is 0 Å². The maximum Gasteiger partial charge on any atom is 0.122 e. The minimum absolute atomic E-state index is 0.265. The predicted octanol–water partition coefficient (Wildman–Crippen LogP) is 3.31. The molecule has 0 saturated carbocycles. The molecule has 1 heteroatoms. The van der Waals surface area contributed by atoms with Crippen molar-refractivity contribution in [2.75, 3.05) is 6.61 Å². The van der Waals surface area contributed by atoms with E-state index < -0.39 is 0 Å². The first-order valence-corrected chi connectivity index (χ1v) is 5.40. The van der Waals surface area contributed by atoms with Gasteiger partial charge < -0.3 is 4.74 Å². The third kappa shape index (κ3) is 1.52. The van der Waals surface area contributed by atoms with Crippen LogP contribution in [-0.4, -0.2) is 6.61 Å². The molecule has 1 aromatic carbocycles. The summed E-state index contributed by atoms with van der Waals surface area (Å²) in [6.07, 6.45) is 2.23. The molecule has 0 aromatic heterocycles. The molecular weight excluding hydrogens is 172 g/mol. The lowest BCUT2D eigenvalue weighted by atomic mass is 9.82. The molecule has 0 atom stereocenters. The summed E-state index contributed by atoms with van der Waals surface area (Å²) in [5.74, 6) is 1.10. The van der Waals surface area contributed by atoms with Crippen LogP contribution in [0.15, 0.2) is 18.2 Å². The Balaban J connectivity index is 2.38. The summed E-state index contributed by atoms with van der Waals surface area (Å²) in [7, 11) is 0. The molecule has 0 aliphatic carbocycles. The SMILES string of the molecule is CCC(C)(C)c1ccc2c(c1)OCC2. The number of hydrogen-bond donors (Lipinski definition) is 0. The normalized spacial score (nSPS) is 15.1. The third-order valence-electron chi connectivity index (χ3n) is 3.36. The Morgan fingerprint density at radius 3 is 2.86 bits per heavy atom. The molecule has 1 aromatic rings. The van der Waals surface area contributed by atoms with Crippen molar-refractivity contribution in [1.82, 2.24) is 0 Å². The van der Waals surface area contributed by atoms with Gasteiger partial charge >= 0.3 is 0 Å². The van der Waals surface area contributed by atoms with Gasteiger partial charge in [-0.25, -0.2) is 0 Å². The average Bonchev–Trinajstić information content (AvgIpc) is 2.64. The second-order valence-electron chi connectivity index (χ2n) is 4.66. The fraction of sp³-hybridized carbons (Fsp3) is 0.538. The smallest absolute Gasteiger partial charge is 0.122 e. The van der Waals surface area contributed by atoms with E-state index in [1.54, 1.807) is 0 Å². The summed E-state index contributed by atoms with van der Waals surface area (Å²) in [5.41, 5.74) is 3.02. The van der Waals surface area contributed by atoms with E-state index in [4.69, 9.17) is 4.74 Å². The minimum Gasteiger partial charge on any atom is -0.493 e. The zero-order chi connectivity index (χ0) is 10.2. The van der Waals surface area contributed by atoms with E-state index in [0.717, 1.165) is 25.2 Å². The van der Waals surface area contributed by atoms with Crippen molar-refractivity contribution in [3.8, 4) is 5.75 Å². The van der Waals surface area contributed by atoms with Gasteiger partial charge in [0.1, 0.15) is 5.75 Å². The quantitative estimate of drug-likeness (QED) is 0.695. The summed E-state index contributed by atoms with van der Waals surface area (Å²) in [5, 5.41) is 0. The summed E-state index contributed by atoms with van der Waals surface area (Å²) in [6.45, 7) is 7.65. The Morgan fingerprint density at radius 2 is 2.14 bits per heavy atom. The Labute approximate surface area is 86.1 Å². The largest absolute Gasteiger partial charge is 0.493 e. The van der Waals surface area contributed by atoms with E-state index >= 15 is 0 Å². The molecule has 0 bridgehead atoms. The van der Waals surface area contributed by atoms with Crippen molar-refractivity contribution in [3.05, 3.63) is 29.3 Å². The molecule has 0 saturated heterocycles. The van der Waals surface area contributed by atoms with Crippen molar-refractivity contribution in [2.45, 2.75) is 39.0 Å². The standard InChI is InChI=1S/C13H18O/c1-4-13(2,3)11-6-5-10-7-8-14-12(10)9-11/h5-6,9H,4,7-8H2,1-3H3. The van der Waals surface area contributed by atoms with Gasteiger partial charge in [-0.15, -0.1) is 0 Å². The summed E-state index contributed by atoms with van der Waals surface area (Å²) in [6, 6.07) is 6.68. The lowest BCUT2D eigenvalue weighted by Gasteiger charge is -2.23. The van der Waals surface area contributed by atoms with Crippen LogP contribution in [0.5, 0.6) is 5.75 Å². The molecular formula is C13H18O. The number of ether oxygens (including phenoxy) is 1. The summed E-state index contributed by atoms with van der Waals surface area (Å²) < 4.78 is 5.58. The van der Waals surface area contributed by atoms with Crippen LogP contribution in [0, 0.1) is 0 Å². The molecule has 0 fully saturated rings. The topological polar surface area (TPSA) is 9.23 Å². The van der Waals surface area contributed by atoms with E-state index in [-0.39, 0.29) is 5.41 Å². The zero-order valence-corrected chi connectivity index (χ0v) is 9.26. The van der Waals surface area contributed by atoms with E-state index in [1.165, 1.54) is 11.1 Å². The van der Waals surface area contributed by atoms with E-state index in [1.807, 2.05) is 0 Å². The van der Waals surface area contributed by atoms with E-state index in [0.29, 0.717) is 0 Å².